The monoisotopic (exact) mass is 290 g/mol. The summed E-state index contributed by atoms with van der Waals surface area (Å²) in [5.74, 6) is 0.116. The van der Waals surface area contributed by atoms with E-state index in [-0.39, 0.29) is 5.91 Å². The van der Waals surface area contributed by atoms with Gasteiger partial charge in [-0.15, -0.1) is 0 Å². The highest BCUT2D eigenvalue weighted by Crippen LogP contribution is 1.87. The molecular formula is C14H30N2O4. The Morgan fingerprint density at radius 2 is 1.50 bits per heavy atom. The van der Waals surface area contributed by atoms with Crippen LogP contribution >= 0.6 is 0 Å². The van der Waals surface area contributed by atoms with E-state index in [1.165, 1.54) is 0 Å². The van der Waals surface area contributed by atoms with Gasteiger partial charge in [-0.05, 0) is 25.8 Å². The second kappa shape index (κ2) is 16.4. The van der Waals surface area contributed by atoms with Crippen molar-refractivity contribution in [2.75, 3.05) is 52.7 Å². The van der Waals surface area contributed by atoms with Gasteiger partial charge < -0.3 is 25.3 Å². The maximum Gasteiger partial charge on any atom is 0.219 e. The molecule has 0 aromatic rings. The van der Waals surface area contributed by atoms with Crippen molar-refractivity contribution in [3.8, 4) is 0 Å². The van der Waals surface area contributed by atoms with E-state index >= 15 is 0 Å². The summed E-state index contributed by atoms with van der Waals surface area (Å²) in [6.45, 7) is 7.00. The van der Waals surface area contributed by atoms with Gasteiger partial charge in [0.2, 0.25) is 5.91 Å². The fourth-order valence-electron chi connectivity index (χ4n) is 1.44. The van der Waals surface area contributed by atoms with E-state index in [2.05, 4.69) is 5.32 Å². The average Bonchev–Trinajstić information content (AvgIpc) is 2.44. The summed E-state index contributed by atoms with van der Waals surface area (Å²) in [6, 6.07) is 0. The lowest BCUT2D eigenvalue weighted by Gasteiger charge is -2.07. The Morgan fingerprint density at radius 1 is 0.950 bits per heavy atom. The highest BCUT2D eigenvalue weighted by molar-refractivity contribution is 5.75. The zero-order valence-corrected chi connectivity index (χ0v) is 12.7. The van der Waals surface area contributed by atoms with Crippen LogP contribution in [0.5, 0.6) is 0 Å². The van der Waals surface area contributed by atoms with Crippen LogP contribution in [0.3, 0.4) is 0 Å². The molecule has 0 heterocycles. The van der Waals surface area contributed by atoms with E-state index in [9.17, 15) is 4.79 Å². The van der Waals surface area contributed by atoms with E-state index < -0.39 is 0 Å². The fraction of sp³-hybridized carbons (Fsp3) is 0.929. The molecular weight excluding hydrogens is 260 g/mol. The van der Waals surface area contributed by atoms with E-state index in [0.29, 0.717) is 59.2 Å². The zero-order valence-electron chi connectivity index (χ0n) is 12.7. The Hall–Kier alpha value is -0.690. The minimum atomic E-state index is 0.116. The maximum atomic E-state index is 11.2. The first-order valence-corrected chi connectivity index (χ1v) is 7.51. The van der Waals surface area contributed by atoms with Crippen molar-refractivity contribution in [1.29, 1.82) is 0 Å². The summed E-state index contributed by atoms with van der Waals surface area (Å²) in [5, 5.41) is 2.84. The number of carbonyl (C=O) groups is 1. The highest BCUT2D eigenvalue weighted by atomic mass is 16.5. The van der Waals surface area contributed by atoms with E-state index in [1.807, 2.05) is 6.92 Å². The van der Waals surface area contributed by atoms with Crippen molar-refractivity contribution in [3.05, 3.63) is 0 Å². The Kier molecular flexibility index (Phi) is 15.8. The number of nitrogens with two attached hydrogens (primary N) is 1. The van der Waals surface area contributed by atoms with Crippen LogP contribution in [0.15, 0.2) is 0 Å². The van der Waals surface area contributed by atoms with Crippen molar-refractivity contribution in [3.63, 3.8) is 0 Å². The summed E-state index contributed by atoms with van der Waals surface area (Å²) in [7, 11) is 0. The third-order valence-electron chi connectivity index (χ3n) is 2.50. The summed E-state index contributed by atoms with van der Waals surface area (Å²) >= 11 is 0. The molecule has 3 N–H and O–H groups in total. The molecule has 120 valence electrons. The van der Waals surface area contributed by atoms with Crippen molar-refractivity contribution in [2.45, 2.75) is 32.6 Å². The predicted octanol–water partition coefficient (Wildman–Crippen LogP) is 0.691. The number of rotatable bonds is 15. The second-order valence-corrected chi connectivity index (χ2v) is 4.43. The Morgan fingerprint density at radius 3 is 2.05 bits per heavy atom. The van der Waals surface area contributed by atoms with Crippen molar-refractivity contribution in [1.82, 2.24) is 5.32 Å². The topological polar surface area (TPSA) is 82.8 Å². The number of amides is 1. The lowest BCUT2D eigenvalue weighted by molar-refractivity contribution is -0.121. The third kappa shape index (κ3) is 15.4. The lowest BCUT2D eigenvalue weighted by Crippen LogP contribution is -2.24. The SMILES string of the molecule is CCCC(=O)NCCCOCCOCCOCCCN. The Balaban J connectivity index is 3.01. The summed E-state index contributed by atoms with van der Waals surface area (Å²) in [4.78, 5) is 11.2. The predicted molar refractivity (Wildman–Crippen MR) is 78.7 cm³/mol. The molecule has 0 saturated carbocycles. The molecule has 0 radical (unpaired) electrons. The number of hydrogen-bond donors (Lipinski definition) is 2. The molecule has 1 amide bonds. The first-order chi connectivity index (χ1) is 9.81. The van der Waals surface area contributed by atoms with Gasteiger partial charge in [0.05, 0.1) is 26.4 Å². The molecule has 6 nitrogen and oxygen atoms in total. The van der Waals surface area contributed by atoms with Crippen LogP contribution in [0.1, 0.15) is 32.6 Å². The van der Waals surface area contributed by atoms with Gasteiger partial charge in [0.25, 0.3) is 0 Å². The first kappa shape index (κ1) is 19.3. The van der Waals surface area contributed by atoms with Gasteiger partial charge in [-0.1, -0.05) is 6.92 Å². The molecule has 0 unspecified atom stereocenters. The smallest absolute Gasteiger partial charge is 0.219 e. The minimum absolute atomic E-state index is 0.116. The summed E-state index contributed by atoms with van der Waals surface area (Å²) in [5.41, 5.74) is 5.34. The standard InChI is InChI=1S/C14H30N2O4/c1-2-5-14(17)16-7-4-9-19-11-13-20-12-10-18-8-3-6-15/h2-13,15H2,1H3,(H,16,17). The molecule has 0 saturated heterocycles. The van der Waals surface area contributed by atoms with Crippen molar-refractivity contribution >= 4 is 5.91 Å². The normalized spacial score (nSPS) is 10.7. The second-order valence-electron chi connectivity index (χ2n) is 4.43. The molecule has 0 spiro atoms. The van der Waals surface area contributed by atoms with E-state index in [1.54, 1.807) is 0 Å². The van der Waals surface area contributed by atoms with Crippen molar-refractivity contribution in [2.24, 2.45) is 5.73 Å². The lowest BCUT2D eigenvalue weighted by atomic mass is 10.3. The molecule has 0 fully saturated rings. The van der Waals surface area contributed by atoms with Crippen LogP contribution in [0, 0.1) is 0 Å². The number of nitrogens with one attached hydrogen (secondary N) is 1. The molecule has 0 aromatic heterocycles. The van der Waals surface area contributed by atoms with Gasteiger partial charge in [-0.2, -0.15) is 0 Å². The molecule has 20 heavy (non-hydrogen) atoms. The van der Waals surface area contributed by atoms with Gasteiger partial charge in [0.1, 0.15) is 0 Å². The van der Waals surface area contributed by atoms with Crippen LogP contribution in [0.4, 0.5) is 0 Å². The fourth-order valence-corrected chi connectivity index (χ4v) is 1.44. The van der Waals surface area contributed by atoms with E-state index in [0.717, 1.165) is 19.3 Å². The van der Waals surface area contributed by atoms with Crippen LogP contribution in [-0.2, 0) is 19.0 Å². The minimum Gasteiger partial charge on any atom is -0.379 e. The van der Waals surface area contributed by atoms with Crippen LogP contribution < -0.4 is 11.1 Å². The largest absolute Gasteiger partial charge is 0.379 e. The molecule has 0 bridgehead atoms. The third-order valence-corrected chi connectivity index (χ3v) is 2.50. The maximum absolute atomic E-state index is 11.2. The summed E-state index contributed by atoms with van der Waals surface area (Å²) in [6.07, 6.45) is 3.20. The molecule has 6 heteroatoms. The first-order valence-electron chi connectivity index (χ1n) is 7.51. The van der Waals surface area contributed by atoms with Crippen LogP contribution in [-0.4, -0.2) is 58.6 Å². The molecule has 0 atom stereocenters. The van der Waals surface area contributed by atoms with E-state index in [4.69, 9.17) is 19.9 Å². The quantitative estimate of drug-likeness (QED) is 0.434. The van der Waals surface area contributed by atoms with Gasteiger partial charge in [-0.3, -0.25) is 4.79 Å². The average molecular weight is 290 g/mol. The van der Waals surface area contributed by atoms with Gasteiger partial charge in [-0.25, -0.2) is 0 Å². The summed E-state index contributed by atoms with van der Waals surface area (Å²) < 4.78 is 16.0. The molecule has 0 rings (SSSR count). The van der Waals surface area contributed by atoms with Gasteiger partial charge >= 0.3 is 0 Å². The van der Waals surface area contributed by atoms with Crippen LogP contribution in [0.25, 0.3) is 0 Å². The molecule has 0 aromatic carbocycles. The van der Waals surface area contributed by atoms with Crippen LogP contribution in [0.2, 0.25) is 0 Å². The molecule has 0 aliphatic rings. The molecule has 0 aliphatic carbocycles. The van der Waals surface area contributed by atoms with Crippen molar-refractivity contribution < 1.29 is 19.0 Å². The number of carbonyl (C=O) groups excluding carboxylic acids is 1. The van der Waals surface area contributed by atoms with Gasteiger partial charge in [0.15, 0.2) is 0 Å². The number of ether oxygens (including phenoxy) is 3. The van der Waals surface area contributed by atoms with Gasteiger partial charge in [0, 0.05) is 26.2 Å². The number of hydrogen-bond acceptors (Lipinski definition) is 5. The Labute approximate surface area is 122 Å². The zero-order chi connectivity index (χ0) is 14.9. The highest BCUT2D eigenvalue weighted by Gasteiger charge is 1.97. The molecule has 0 aliphatic heterocycles. The Bertz CT molecular complexity index is 215.